The number of benzene rings is 2. The van der Waals surface area contributed by atoms with Crippen molar-refractivity contribution in [2.75, 3.05) is 13.7 Å². The van der Waals surface area contributed by atoms with Crippen LogP contribution >= 0.6 is 0 Å². The molecule has 0 fully saturated rings. The van der Waals surface area contributed by atoms with E-state index in [1.54, 1.807) is 11.8 Å². The van der Waals surface area contributed by atoms with E-state index in [4.69, 9.17) is 9.47 Å². The number of para-hydroxylation sites is 1. The zero-order valence-electron chi connectivity index (χ0n) is 18.1. The van der Waals surface area contributed by atoms with Gasteiger partial charge < -0.3 is 9.47 Å². The predicted octanol–water partition coefficient (Wildman–Crippen LogP) is 3.67. The van der Waals surface area contributed by atoms with Crippen molar-refractivity contribution < 1.29 is 9.47 Å². The van der Waals surface area contributed by atoms with E-state index in [0.717, 1.165) is 47.0 Å². The molecule has 1 atom stereocenters. The second kappa shape index (κ2) is 8.40. The molecular weight excluding hydrogens is 378 g/mol. The summed E-state index contributed by atoms with van der Waals surface area (Å²) in [5, 5.41) is 0. The van der Waals surface area contributed by atoms with E-state index in [9.17, 15) is 4.79 Å². The Hall–Kier alpha value is -2.99. The lowest BCUT2D eigenvalue weighted by Crippen LogP contribution is -2.33. The summed E-state index contributed by atoms with van der Waals surface area (Å²) in [5.74, 6) is 1.71. The molecule has 2 aromatic carbocycles. The summed E-state index contributed by atoms with van der Waals surface area (Å²) in [6.07, 6.45) is 0.990. The Labute approximate surface area is 177 Å². The lowest BCUT2D eigenvalue weighted by Gasteiger charge is -2.22. The molecular formula is C24H29N3O3. The van der Waals surface area contributed by atoms with Crippen molar-refractivity contribution in [1.82, 2.24) is 14.3 Å². The Morgan fingerprint density at radius 1 is 1.17 bits per heavy atom. The van der Waals surface area contributed by atoms with Crippen molar-refractivity contribution in [2.24, 2.45) is 7.05 Å². The molecule has 6 heteroatoms. The second-order valence-electron chi connectivity index (χ2n) is 7.83. The van der Waals surface area contributed by atoms with Gasteiger partial charge in [0.25, 0.3) is 5.56 Å². The van der Waals surface area contributed by atoms with E-state index >= 15 is 0 Å². The summed E-state index contributed by atoms with van der Waals surface area (Å²) < 4.78 is 15.3. The number of methoxy groups -OCH3 is 1. The van der Waals surface area contributed by atoms with Gasteiger partial charge in [-0.1, -0.05) is 25.1 Å². The highest BCUT2D eigenvalue weighted by Crippen LogP contribution is 2.30. The van der Waals surface area contributed by atoms with E-state index in [0.29, 0.717) is 13.1 Å². The minimum atomic E-state index is 0.0327. The van der Waals surface area contributed by atoms with Gasteiger partial charge in [-0.15, -0.1) is 0 Å². The first-order chi connectivity index (χ1) is 14.5. The van der Waals surface area contributed by atoms with Gasteiger partial charge in [0.1, 0.15) is 17.6 Å². The van der Waals surface area contributed by atoms with Gasteiger partial charge in [-0.2, -0.15) is 0 Å². The van der Waals surface area contributed by atoms with Gasteiger partial charge in [-0.25, -0.2) is 4.68 Å². The molecule has 0 bridgehead atoms. The molecule has 0 N–H and O–H groups in total. The standard InChI is InChI=1S/C24H29N3O3/c1-5-20-15-26(14-18-13-21(29-4)11-12-23(18)30-20)16-22-17(2)25(3)27(24(22)28)19-9-7-6-8-10-19/h6-13,20H,5,14-16H2,1-4H3/t20-/m1/s1. The molecule has 0 saturated heterocycles. The van der Waals surface area contributed by atoms with Crippen LogP contribution in [0.3, 0.4) is 0 Å². The molecule has 0 saturated carbocycles. The van der Waals surface area contributed by atoms with Gasteiger partial charge in [0.2, 0.25) is 0 Å². The summed E-state index contributed by atoms with van der Waals surface area (Å²) in [5.41, 5.74) is 3.79. The molecule has 6 nitrogen and oxygen atoms in total. The third-order valence-corrected chi connectivity index (χ3v) is 5.93. The van der Waals surface area contributed by atoms with Crippen LogP contribution in [0.1, 0.15) is 30.2 Å². The highest BCUT2D eigenvalue weighted by atomic mass is 16.5. The lowest BCUT2D eigenvalue weighted by atomic mass is 10.1. The van der Waals surface area contributed by atoms with Gasteiger partial charge in [-0.05, 0) is 43.7 Å². The van der Waals surface area contributed by atoms with E-state index in [2.05, 4.69) is 11.8 Å². The number of hydrogen-bond donors (Lipinski definition) is 0. The molecule has 30 heavy (non-hydrogen) atoms. The third-order valence-electron chi connectivity index (χ3n) is 5.93. The molecule has 158 valence electrons. The van der Waals surface area contributed by atoms with Crippen LogP contribution in [-0.4, -0.2) is 34.0 Å². The smallest absolute Gasteiger partial charge is 0.276 e. The minimum Gasteiger partial charge on any atom is -0.497 e. The molecule has 0 radical (unpaired) electrons. The molecule has 2 heterocycles. The number of hydrogen-bond acceptors (Lipinski definition) is 4. The molecule has 1 aliphatic heterocycles. The van der Waals surface area contributed by atoms with Crippen molar-refractivity contribution in [3.05, 3.63) is 75.7 Å². The molecule has 0 spiro atoms. The van der Waals surface area contributed by atoms with Gasteiger partial charge in [0.15, 0.2) is 0 Å². The van der Waals surface area contributed by atoms with Crippen LogP contribution < -0.4 is 15.0 Å². The number of fused-ring (bicyclic) bond motifs is 1. The SMILES string of the molecule is CC[C@@H]1CN(Cc2c(C)n(C)n(-c3ccccc3)c2=O)Cc2cc(OC)ccc2O1. The van der Waals surface area contributed by atoms with Crippen molar-refractivity contribution in [2.45, 2.75) is 39.5 Å². The van der Waals surface area contributed by atoms with E-state index in [-0.39, 0.29) is 11.7 Å². The highest BCUT2D eigenvalue weighted by Gasteiger charge is 2.25. The number of ether oxygens (including phenoxy) is 2. The van der Waals surface area contributed by atoms with Crippen LogP contribution in [0.4, 0.5) is 0 Å². The average molecular weight is 408 g/mol. The first-order valence-corrected chi connectivity index (χ1v) is 10.4. The normalized spacial score (nSPS) is 16.6. The lowest BCUT2D eigenvalue weighted by molar-refractivity contribution is 0.139. The van der Waals surface area contributed by atoms with Gasteiger partial charge >= 0.3 is 0 Å². The average Bonchev–Trinajstić information content (AvgIpc) is 2.90. The monoisotopic (exact) mass is 407 g/mol. The molecule has 4 rings (SSSR count). The largest absolute Gasteiger partial charge is 0.497 e. The van der Waals surface area contributed by atoms with E-state index in [1.807, 2.05) is 67.2 Å². The van der Waals surface area contributed by atoms with Crippen molar-refractivity contribution >= 4 is 0 Å². The molecule has 0 unspecified atom stereocenters. The Morgan fingerprint density at radius 3 is 2.63 bits per heavy atom. The van der Waals surface area contributed by atoms with E-state index in [1.165, 1.54) is 0 Å². The number of rotatable bonds is 5. The fourth-order valence-electron chi connectivity index (χ4n) is 4.09. The first kappa shape index (κ1) is 20.3. The van der Waals surface area contributed by atoms with Crippen LogP contribution in [-0.2, 0) is 20.1 Å². The van der Waals surface area contributed by atoms with Crippen molar-refractivity contribution in [3.8, 4) is 17.2 Å². The van der Waals surface area contributed by atoms with Gasteiger partial charge in [0.05, 0.1) is 18.4 Å². The van der Waals surface area contributed by atoms with Crippen LogP contribution in [0, 0.1) is 6.92 Å². The summed E-state index contributed by atoms with van der Waals surface area (Å²) in [6, 6.07) is 15.7. The zero-order valence-corrected chi connectivity index (χ0v) is 18.1. The zero-order chi connectivity index (χ0) is 21.3. The minimum absolute atomic E-state index is 0.0327. The fraction of sp³-hybridized carbons (Fsp3) is 0.375. The molecule has 3 aromatic rings. The molecule has 1 aliphatic rings. The molecule has 0 aliphatic carbocycles. The van der Waals surface area contributed by atoms with Gasteiger partial charge in [0, 0.05) is 37.9 Å². The second-order valence-corrected chi connectivity index (χ2v) is 7.83. The molecule has 0 amide bonds. The maximum Gasteiger partial charge on any atom is 0.276 e. The maximum atomic E-state index is 13.3. The van der Waals surface area contributed by atoms with Crippen molar-refractivity contribution in [3.63, 3.8) is 0 Å². The number of nitrogens with zero attached hydrogens (tertiary/aromatic N) is 3. The summed E-state index contributed by atoms with van der Waals surface area (Å²) in [7, 11) is 3.61. The third kappa shape index (κ3) is 3.75. The van der Waals surface area contributed by atoms with Crippen molar-refractivity contribution in [1.29, 1.82) is 0 Å². The first-order valence-electron chi connectivity index (χ1n) is 10.4. The maximum absolute atomic E-state index is 13.3. The Balaban J connectivity index is 1.69. The topological polar surface area (TPSA) is 48.6 Å². The van der Waals surface area contributed by atoms with Crippen LogP contribution in [0.2, 0.25) is 0 Å². The quantitative estimate of drug-likeness (QED) is 0.648. The van der Waals surface area contributed by atoms with Crippen LogP contribution in [0.5, 0.6) is 11.5 Å². The van der Waals surface area contributed by atoms with Crippen LogP contribution in [0.25, 0.3) is 5.69 Å². The predicted molar refractivity (Wildman–Crippen MR) is 118 cm³/mol. The Bertz CT molecular complexity index is 1090. The summed E-state index contributed by atoms with van der Waals surface area (Å²) in [6.45, 7) is 6.20. The fourth-order valence-corrected chi connectivity index (χ4v) is 4.09. The summed E-state index contributed by atoms with van der Waals surface area (Å²) in [4.78, 5) is 15.6. The Morgan fingerprint density at radius 2 is 1.93 bits per heavy atom. The van der Waals surface area contributed by atoms with E-state index < -0.39 is 0 Å². The number of aromatic nitrogens is 2. The molecule has 1 aromatic heterocycles. The van der Waals surface area contributed by atoms with Crippen LogP contribution in [0.15, 0.2) is 53.3 Å². The Kier molecular flexibility index (Phi) is 5.68. The summed E-state index contributed by atoms with van der Waals surface area (Å²) >= 11 is 0. The highest BCUT2D eigenvalue weighted by molar-refractivity contribution is 5.41. The van der Waals surface area contributed by atoms with Gasteiger partial charge in [-0.3, -0.25) is 14.4 Å².